The zero-order valence-corrected chi connectivity index (χ0v) is 17.8. The lowest BCUT2D eigenvalue weighted by molar-refractivity contribution is -0.140. The van der Waals surface area contributed by atoms with Gasteiger partial charge in [-0.25, -0.2) is 13.2 Å². The SMILES string of the molecule is COC(=O)CCCN(c1ccc(C)cc1C(=O)OC)S(=O)(=O)c1ccccc1C. The number of sulfonamides is 1. The molecule has 0 aromatic heterocycles. The first kappa shape index (κ1) is 22.4. The average Bonchev–Trinajstić information content (AvgIpc) is 2.70. The number of anilines is 1. The molecule has 0 unspecified atom stereocenters. The fourth-order valence-electron chi connectivity index (χ4n) is 2.94. The van der Waals surface area contributed by atoms with E-state index in [1.165, 1.54) is 20.3 Å². The maximum Gasteiger partial charge on any atom is 0.340 e. The largest absolute Gasteiger partial charge is 0.469 e. The smallest absolute Gasteiger partial charge is 0.340 e. The fourth-order valence-corrected chi connectivity index (χ4v) is 4.70. The normalized spacial score (nSPS) is 11.0. The van der Waals surface area contributed by atoms with Crippen LogP contribution in [0.5, 0.6) is 0 Å². The van der Waals surface area contributed by atoms with E-state index in [-0.39, 0.29) is 35.5 Å². The van der Waals surface area contributed by atoms with Crippen LogP contribution in [0.4, 0.5) is 5.69 Å². The molecule has 0 radical (unpaired) electrons. The fraction of sp³-hybridized carbons (Fsp3) is 0.333. The first-order valence-electron chi connectivity index (χ1n) is 9.06. The van der Waals surface area contributed by atoms with Crippen molar-refractivity contribution < 1.29 is 27.5 Å². The Bertz CT molecular complexity index is 1000. The molecule has 0 atom stereocenters. The molecular formula is C21H25NO6S. The highest BCUT2D eigenvalue weighted by molar-refractivity contribution is 7.92. The van der Waals surface area contributed by atoms with Crippen LogP contribution < -0.4 is 4.31 Å². The Hall–Kier alpha value is -2.87. The first-order valence-corrected chi connectivity index (χ1v) is 10.5. The Balaban J connectivity index is 2.59. The molecule has 0 saturated carbocycles. The number of esters is 2. The lowest BCUT2D eigenvalue weighted by Gasteiger charge is -2.27. The topological polar surface area (TPSA) is 90.0 Å². The van der Waals surface area contributed by atoms with Gasteiger partial charge in [-0.1, -0.05) is 29.8 Å². The van der Waals surface area contributed by atoms with Crippen molar-refractivity contribution in [2.24, 2.45) is 0 Å². The van der Waals surface area contributed by atoms with E-state index in [2.05, 4.69) is 4.74 Å². The van der Waals surface area contributed by atoms with Crippen LogP contribution in [-0.2, 0) is 24.3 Å². The molecule has 2 aromatic carbocycles. The third-order valence-corrected chi connectivity index (χ3v) is 6.43. The van der Waals surface area contributed by atoms with Gasteiger partial charge in [-0.3, -0.25) is 9.10 Å². The van der Waals surface area contributed by atoms with Crippen molar-refractivity contribution >= 4 is 27.6 Å². The van der Waals surface area contributed by atoms with Gasteiger partial charge >= 0.3 is 11.9 Å². The second-order valence-corrected chi connectivity index (χ2v) is 8.37. The molecule has 0 aliphatic rings. The number of ether oxygens (including phenoxy) is 2. The summed E-state index contributed by atoms with van der Waals surface area (Å²) in [4.78, 5) is 24.0. The summed E-state index contributed by atoms with van der Waals surface area (Å²) in [7, 11) is -1.47. The minimum atomic E-state index is -3.99. The van der Waals surface area contributed by atoms with Crippen LogP contribution in [0.2, 0.25) is 0 Å². The first-order chi connectivity index (χ1) is 13.7. The molecule has 0 saturated heterocycles. The summed E-state index contributed by atoms with van der Waals surface area (Å²) in [6, 6.07) is 11.5. The molecule has 8 heteroatoms. The van der Waals surface area contributed by atoms with Gasteiger partial charge in [-0.15, -0.1) is 0 Å². The molecule has 2 aromatic rings. The summed E-state index contributed by atoms with van der Waals surface area (Å²) in [6.45, 7) is 3.50. The maximum absolute atomic E-state index is 13.5. The Kier molecular flexibility index (Phi) is 7.39. The molecular weight excluding hydrogens is 394 g/mol. The monoisotopic (exact) mass is 419 g/mol. The Labute approximate surface area is 171 Å². The van der Waals surface area contributed by atoms with Gasteiger partial charge in [0.15, 0.2) is 0 Å². The highest BCUT2D eigenvalue weighted by atomic mass is 32.2. The van der Waals surface area contributed by atoms with Crippen LogP contribution in [0, 0.1) is 13.8 Å². The molecule has 0 aliphatic carbocycles. The van der Waals surface area contributed by atoms with Crippen molar-refractivity contribution in [3.8, 4) is 0 Å². The third kappa shape index (κ3) is 5.14. The van der Waals surface area contributed by atoms with Crippen molar-refractivity contribution in [1.82, 2.24) is 0 Å². The number of benzene rings is 2. The number of carbonyl (C=O) groups excluding carboxylic acids is 2. The Morgan fingerprint density at radius 3 is 2.31 bits per heavy atom. The molecule has 0 N–H and O–H groups in total. The van der Waals surface area contributed by atoms with Gasteiger partial charge in [-0.2, -0.15) is 0 Å². The van der Waals surface area contributed by atoms with E-state index in [0.717, 1.165) is 9.87 Å². The number of rotatable bonds is 8. The van der Waals surface area contributed by atoms with E-state index >= 15 is 0 Å². The van der Waals surface area contributed by atoms with E-state index in [0.29, 0.717) is 5.56 Å². The lowest BCUT2D eigenvalue weighted by Crippen LogP contribution is -2.34. The lowest BCUT2D eigenvalue weighted by atomic mass is 10.1. The Morgan fingerprint density at radius 1 is 1.00 bits per heavy atom. The van der Waals surface area contributed by atoms with Crippen molar-refractivity contribution in [2.75, 3.05) is 25.1 Å². The third-order valence-electron chi connectivity index (χ3n) is 4.46. The van der Waals surface area contributed by atoms with Crippen molar-refractivity contribution in [3.05, 3.63) is 59.2 Å². The number of hydrogen-bond acceptors (Lipinski definition) is 6. The van der Waals surface area contributed by atoms with Gasteiger partial charge in [0, 0.05) is 13.0 Å². The van der Waals surface area contributed by atoms with E-state index in [9.17, 15) is 18.0 Å². The van der Waals surface area contributed by atoms with Crippen LogP contribution >= 0.6 is 0 Å². The van der Waals surface area contributed by atoms with Crippen molar-refractivity contribution in [2.45, 2.75) is 31.6 Å². The Morgan fingerprint density at radius 2 is 1.69 bits per heavy atom. The van der Waals surface area contributed by atoms with Gasteiger partial charge in [0.05, 0.1) is 30.4 Å². The quantitative estimate of drug-likeness (QED) is 0.610. The predicted molar refractivity (Wildman–Crippen MR) is 109 cm³/mol. The summed E-state index contributed by atoms with van der Waals surface area (Å²) >= 11 is 0. The van der Waals surface area contributed by atoms with Gasteiger partial charge in [-0.05, 0) is 44.0 Å². The summed E-state index contributed by atoms with van der Waals surface area (Å²) in [5.41, 5.74) is 1.72. The number of hydrogen-bond donors (Lipinski definition) is 0. The highest BCUT2D eigenvalue weighted by Gasteiger charge is 2.29. The zero-order valence-electron chi connectivity index (χ0n) is 17.0. The minimum absolute atomic E-state index is 0.00117. The molecule has 156 valence electrons. The number of methoxy groups -OCH3 is 2. The second kappa shape index (κ2) is 9.56. The molecule has 0 spiro atoms. The second-order valence-electron chi connectivity index (χ2n) is 6.53. The average molecular weight is 419 g/mol. The zero-order chi connectivity index (χ0) is 21.6. The highest BCUT2D eigenvalue weighted by Crippen LogP contribution is 2.30. The summed E-state index contributed by atoms with van der Waals surface area (Å²) in [5, 5.41) is 0. The van der Waals surface area contributed by atoms with E-state index < -0.39 is 22.0 Å². The van der Waals surface area contributed by atoms with Gasteiger partial charge in [0.25, 0.3) is 10.0 Å². The van der Waals surface area contributed by atoms with Crippen LogP contribution in [0.3, 0.4) is 0 Å². The molecule has 7 nitrogen and oxygen atoms in total. The van der Waals surface area contributed by atoms with Gasteiger partial charge < -0.3 is 9.47 Å². The van der Waals surface area contributed by atoms with Crippen molar-refractivity contribution in [3.63, 3.8) is 0 Å². The molecule has 0 bridgehead atoms. The minimum Gasteiger partial charge on any atom is -0.469 e. The molecule has 0 fully saturated rings. The van der Waals surface area contributed by atoms with E-state index in [1.54, 1.807) is 50.2 Å². The van der Waals surface area contributed by atoms with E-state index in [4.69, 9.17) is 4.74 Å². The summed E-state index contributed by atoms with van der Waals surface area (Å²) < 4.78 is 37.7. The van der Waals surface area contributed by atoms with Gasteiger partial charge in [0.1, 0.15) is 0 Å². The van der Waals surface area contributed by atoms with Crippen LogP contribution in [-0.4, -0.2) is 41.1 Å². The maximum atomic E-state index is 13.5. The number of aryl methyl sites for hydroxylation is 2. The van der Waals surface area contributed by atoms with Crippen LogP contribution in [0.15, 0.2) is 47.4 Å². The molecule has 29 heavy (non-hydrogen) atoms. The number of nitrogens with zero attached hydrogens (tertiary/aromatic N) is 1. The summed E-state index contributed by atoms with van der Waals surface area (Å²) in [5.74, 6) is -1.07. The molecule has 2 rings (SSSR count). The molecule has 0 aliphatic heterocycles. The summed E-state index contributed by atoms with van der Waals surface area (Å²) in [6.07, 6.45) is 0.280. The van der Waals surface area contributed by atoms with Gasteiger partial charge in [0.2, 0.25) is 0 Å². The molecule has 0 amide bonds. The van der Waals surface area contributed by atoms with Crippen molar-refractivity contribution in [1.29, 1.82) is 0 Å². The van der Waals surface area contributed by atoms with Crippen LogP contribution in [0.25, 0.3) is 0 Å². The number of carbonyl (C=O) groups is 2. The molecule has 0 heterocycles. The van der Waals surface area contributed by atoms with E-state index in [1.807, 2.05) is 0 Å². The predicted octanol–water partition coefficient (Wildman–Crippen LogP) is 3.24. The standard InChI is InChI=1S/C21H25NO6S/c1-15-11-12-18(17(14-15)21(24)28-4)22(13-7-10-20(23)27-3)29(25,26)19-9-6-5-8-16(19)2/h5-6,8-9,11-12,14H,7,10,13H2,1-4H3. The van der Waals surface area contributed by atoms with Crippen LogP contribution in [0.1, 0.15) is 34.3 Å².